The van der Waals surface area contributed by atoms with E-state index in [0.717, 1.165) is 12.1 Å². The maximum absolute atomic E-state index is 13.9. The van der Waals surface area contributed by atoms with Crippen LogP contribution in [0.5, 0.6) is 11.5 Å². The third kappa shape index (κ3) is 10.4. The molecule has 0 heterocycles. The molecular weight excluding hydrogens is 717 g/mol. The third-order valence-corrected chi connectivity index (χ3v) is 6.46. The van der Waals surface area contributed by atoms with Crippen LogP contribution in [0.25, 0.3) is 0 Å². The van der Waals surface area contributed by atoms with E-state index in [-0.39, 0.29) is 23.8 Å². The van der Waals surface area contributed by atoms with Crippen molar-refractivity contribution >= 4 is 5.97 Å². The van der Waals surface area contributed by atoms with Crippen LogP contribution in [-0.4, -0.2) is 66.7 Å². The average Bonchev–Trinajstić information content (AvgIpc) is 2.96. The quantitative estimate of drug-likeness (QED) is 0.114. The number of hydrogen-bond donors (Lipinski definition) is 1. The van der Waals surface area contributed by atoms with Crippen LogP contribution in [0.1, 0.15) is 42.1 Å². The summed E-state index contributed by atoms with van der Waals surface area (Å²) < 4.78 is 211. The van der Waals surface area contributed by atoms with Crippen molar-refractivity contribution in [2.75, 3.05) is 13.2 Å². The fourth-order valence-corrected chi connectivity index (χ4v) is 3.78. The molecule has 2 aromatic rings. The lowest BCUT2D eigenvalue weighted by atomic mass is 9.97. The number of benzene rings is 2. The molecule has 6 nitrogen and oxygen atoms in total. The first-order valence-corrected chi connectivity index (χ1v) is 13.6. The Morgan fingerprint density at radius 2 is 1.24 bits per heavy atom. The van der Waals surface area contributed by atoms with Gasteiger partial charge in [-0.3, -0.25) is 0 Å². The Morgan fingerprint density at radius 1 is 0.694 bits per heavy atom. The van der Waals surface area contributed by atoms with E-state index < -0.39 is 60.8 Å². The van der Waals surface area contributed by atoms with Crippen molar-refractivity contribution in [1.29, 1.82) is 0 Å². The zero-order chi connectivity index (χ0) is 37.7. The lowest BCUT2D eigenvalue weighted by molar-refractivity contribution is -0.542. The van der Waals surface area contributed by atoms with Gasteiger partial charge >= 0.3 is 48.4 Å². The SMILES string of the molecule is C[C@H](CCCOc1ccccc1C(=O)O)CCc1ccc(OCC(F)(F)OC(F)(F)C(F)(F)OC(F)(F)C(F)(F)C(F)(F)C(F)(F)F)cc1. The molecule has 0 bridgehead atoms. The number of carboxylic acids is 1. The van der Waals surface area contributed by atoms with Crippen LogP contribution in [0.4, 0.5) is 65.9 Å². The van der Waals surface area contributed by atoms with Gasteiger partial charge in [-0.15, -0.1) is 0 Å². The van der Waals surface area contributed by atoms with Gasteiger partial charge in [0.25, 0.3) is 0 Å². The second-order valence-electron chi connectivity index (χ2n) is 10.4. The molecule has 0 aliphatic heterocycles. The molecule has 0 aromatic heterocycles. The highest BCUT2D eigenvalue weighted by Gasteiger charge is 2.85. The molecule has 21 heteroatoms. The Balaban J connectivity index is 1.89. The summed E-state index contributed by atoms with van der Waals surface area (Å²) in [6, 6.07) is 10.8. The zero-order valence-corrected chi connectivity index (χ0v) is 24.6. The van der Waals surface area contributed by atoms with Crippen molar-refractivity contribution in [2.24, 2.45) is 5.92 Å². The van der Waals surface area contributed by atoms with Crippen molar-refractivity contribution in [3.05, 3.63) is 59.7 Å². The normalized spacial score (nSPS) is 14.4. The molecule has 0 unspecified atom stereocenters. The van der Waals surface area contributed by atoms with Gasteiger partial charge in [0, 0.05) is 0 Å². The molecule has 1 N–H and O–H groups in total. The van der Waals surface area contributed by atoms with Crippen LogP contribution in [0.3, 0.4) is 0 Å². The standard InChI is InChI=1S/C28H25F15O6/c1-16(5-4-14-46-20-7-3-2-6-19(20)21(44)45)8-9-17-10-12-18(13-11-17)47-15-22(29,30)48-27(40,41)28(42,43)49-26(38,39)24(33,34)23(31,32)25(35,36)37/h2-3,6-7,10-13,16H,4-5,8-9,14-15H2,1H3,(H,44,45)/t16-/m1/s1. The third-order valence-electron chi connectivity index (χ3n) is 6.46. The molecule has 0 saturated heterocycles. The van der Waals surface area contributed by atoms with E-state index in [1.807, 2.05) is 6.92 Å². The Labute approximate surface area is 266 Å². The smallest absolute Gasteiger partial charge is 0.460 e. The number of carbonyl (C=O) groups is 1. The number of para-hydroxylation sites is 1. The highest BCUT2D eigenvalue weighted by Crippen LogP contribution is 2.56. The van der Waals surface area contributed by atoms with Gasteiger partial charge in [-0.05, 0) is 61.4 Å². The summed E-state index contributed by atoms with van der Waals surface area (Å²) >= 11 is 0. The predicted molar refractivity (Wildman–Crippen MR) is 135 cm³/mol. The van der Waals surface area contributed by atoms with Crippen LogP contribution in [0.2, 0.25) is 0 Å². The van der Waals surface area contributed by atoms with Crippen molar-refractivity contribution in [3.63, 3.8) is 0 Å². The van der Waals surface area contributed by atoms with Crippen molar-refractivity contribution in [2.45, 2.75) is 75.1 Å². The molecule has 278 valence electrons. The molecule has 2 aromatic carbocycles. The molecule has 0 spiro atoms. The second-order valence-corrected chi connectivity index (χ2v) is 10.4. The Bertz CT molecular complexity index is 1380. The van der Waals surface area contributed by atoms with Gasteiger partial charge in [0.2, 0.25) is 0 Å². The van der Waals surface area contributed by atoms with Gasteiger partial charge in [-0.1, -0.05) is 31.2 Å². The fourth-order valence-electron chi connectivity index (χ4n) is 3.78. The first-order chi connectivity index (χ1) is 22.2. The summed E-state index contributed by atoms with van der Waals surface area (Å²) in [7, 11) is 0. The van der Waals surface area contributed by atoms with E-state index in [0.29, 0.717) is 31.2 Å². The van der Waals surface area contributed by atoms with Crippen molar-refractivity contribution < 1.29 is 94.7 Å². The highest BCUT2D eigenvalue weighted by molar-refractivity contribution is 5.90. The monoisotopic (exact) mass is 742 g/mol. The van der Waals surface area contributed by atoms with Gasteiger partial charge in [-0.25, -0.2) is 14.3 Å². The number of alkyl halides is 15. The van der Waals surface area contributed by atoms with Gasteiger partial charge in [0.15, 0.2) is 6.61 Å². The number of halogens is 15. The van der Waals surface area contributed by atoms with Gasteiger partial charge in [0.05, 0.1) is 6.61 Å². The largest absolute Gasteiger partial charge is 0.493 e. The first-order valence-electron chi connectivity index (χ1n) is 13.6. The first kappa shape index (κ1) is 41.6. The lowest BCUT2D eigenvalue weighted by Gasteiger charge is -2.36. The molecule has 0 radical (unpaired) electrons. The van der Waals surface area contributed by atoms with Gasteiger partial charge in [0.1, 0.15) is 17.1 Å². The van der Waals surface area contributed by atoms with Gasteiger partial charge in [-0.2, -0.15) is 65.9 Å². The molecule has 0 fully saturated rings. The summed E-state index contributed by atoms with van der Waals surface area (Å²) in [5.41, 5.74) is 0.620. The minimum Gasteiger partial charge on any atom is -0.493 e. The summed E-state index contributed by atoms with van der Waals surface area (Å²) in [6.07, 6.45) is -32.9. The zero-order valence-electron chi connectivity index (χ0n) is 24.6. The molecule has 2 rings (SSSR count). The predicted octanol–water partition coefficient (Wildman–Crippen LogP) is 9.43. The summed E-state index contributed by atoms with van der Waals surface area (Å²) in [6.45, 7) is -0.207. The molecule has 0 aliphatic rings. The van der Waals surface area contributed by atoms with E-state index in [1.165, 1.54) is 24.3 Å². The minimum atomic E-state index is -7.93. The Kier molecular flexibility index (Phi) is 12.8. The number of ether oxygens (including phenoxy) is 4. The fraction of sp³-hybridized carbons (Fsp3) is 0.536. The van der Waals surface area contributed by atoms with Crippen LogP contribution in [0.15, 0.2) is 48.5 Å². The minimum absolute atomic E-state index is 0.00323. The number of hydrogen-bond acceptors (Lipinski definition) is 5. The molecule has 0 aliphatic carbocycles. The Morgan fingerprint density at radius 3 is 1.80 bits per heavy atom. The molecule has 0 saturated carbocycles. The molecule has 1 atom stereocenters. The molecule has 0 amide bonds. The van der Waals surface area contributed by atoms with E-state index in [2.05, 4.69) is 9.47 Å². The number of aromatic carboxylic acids is 1. The number of carboxylic acid groups (broad SMARTS) is 1. The Hall–Kier alpha value is -3.62. The summed E-state index contributed by atoms with van der Waals surface area (Å²) in [4.78, 5) is 11.2. The maximum atomic E-state index is 13.9. The lowest BCUT2D eigenvalue weighted by Crippen LogP contribution is -2.64. The summed E-state index contributed by atoms with van der Waals surface area (Å²) in [5, 5.41) is 9.16. The summed E-state index contributed by atoms with van der Waals surface area (Å²) in [5.74, 6) is -17.0. The number of aryl methyl sites for hydroxylation is 1. The van der Waals surface area contributed by atoms with Crippen LogP contribution in [-0.2, 0) is 15.9 Å². The number of rotatable bonds is 19. The van der Waals surface area contributed by atoms with Crippen molar-refractivity contribution in [3.8, 4) is 11.5 Å². The van der Waals surface area contributed by atoms with E-state index >= 15 is 0 Å². The average molecular weight is 742 g/mol. The molecule has 49 heavy (non-hydrogen) atoms. The van der Waals surface area contributed by atoms with E-state index in [1.54, 1.807) is 16.9 Å². The highest BCUT2D eigenvalue weighted by atomic mass is 19.4. The van der Waals surface area contributed by atoms with Crippen LogP contribution >= 0.6 is 0 Å². The van der Waals surface area contributed by atoms with Crippen molar-refractivity contribution in [1.82, 2.24) is 0 Å². The topological polar surface area (TPSA) is 74.2 Å². The molecular formula is C28H25F15O6. The van der Waals surface area contributed by atoms with Crippen LogP contribution < -0.4 is 9.47 Å². The van der Waals surface area contributed by atoms with Gasteiger partial charge < -0.3 is 14.6 Å². The van der Waals surface area contributed by atoms with E-state index in [4.69, 9.17) is 9.84 Å². The van der Waals surface area contributed by atoms with E-state index in [9.17, 15) is 70.7 Å². The maximum Gasteiger partial charge on any atom is 0.460 e. The van der Waals surface area contributed by atoms with Crippen LogP contribution in [0, 0.1) is 5.92 Å². The second kappa shape index (κ2) is 15.1.